The summed E-state index contributed by atoms with van der Waals surface area (Å²) in [7, 11) is 0. The molecule has 6 heteroatoms. The summed E-state index contributed by atoms with van der Waals surface area (Å²) >= 11 is 5.61. The molecule has 2 aromatic rings. The number of nitrogens with zero attached hydrogens (tertiary/aromatic N) is 1. The smallest absolute Gasteiger partial charge is 0.314 e. The van der Waals surface area contributed by atoms with Crippen molar-refractivity contribution in [1.82, 2.24) is 9.55 Å². The summed E-state index contributed by atoms with van der Waals surface area (Å²) < 4.78 is 14.4. The highest BCUT2D eigenvalue weighted by atomic mass is 35.5. The summed E-state index contributed by atoms with van der Waals surface area (Å²) in [4.78, 5) is 25.1. The molecule has 0 fully saturated rings. The SMILES string of the molecule is O=c1cc[nH]c(=O)n1Cc1ccc(Cl)cc1F. The lowest BCUT2D eigenvalue weighted by atomic mass is 10.2. The standard InChI is InChI=1S/C11H8ClFN2O2/c12-8-2-1-7(9(13)5-8)6-15-10(16)3-4-14-11(15)17/h1-5H,6H2,(H,14,17). The van der Waals surface area contributed by atoms with Crippen LogP contribution in [0.3, 0.4) is 0 Å². The van der Waals surface area contributed by atoms with Crippen molar-refractivity contribution in [2.24, 2.45) is 0 Å². The second kappa shape index (κ2) is 4.55. The molecule has 0 saturated heterocycles. The van der Waals surface area contributed by atoms with Crippen LogP contribution in [0.15, 0.2) is 40.1 Å². The maximum atomic E-state index is 13.5. The number of hydrogen-bond donors (Lipinski definition) is 1. The highest BCUT2D eigenvalue weighted by Gasteiger charge is 2.06. The minimum atomic E-state index is -0.577. The van der Waals surface area contributed by atoms with Crippen LogP contribution in [0.25, 0.3) is 0 Å². The first-order chi connectivity index (χ1) is 8.08. The van der Waals surface area contributed by atoms with Crippen molar-refractivity contribution in [3.63, 3.8) is 0 Å². The first-order valence-corrected chi connectivity index (χ1v) is 5.18. The number of aromatic nitrogens is 2. The third-order valence-electron chi connectivity index (χ3n) is 2.29. The molecular weight excluding hydrogens is 247 g/mol. The molecular formula is C11H8ClFN2O2. The van der Waals surface area contributed by atoms with Gasteiger partial charge in [0, 0.05) is 22.8 Å². The van der Waals surface area contributed by atoms with Crippen molar-refractivity contribution in [3.8, 4) is 0 Å². The Hall–Kier alpha value is -1.88. The van der Waals surface area contributed by atoms with Crippen molar-refractivity contribution in [2.75, 3.05) is 0 Å². The molecule has 0 aliphatic rings. The molecule has 0 aliphatic carbocycles. The van der Waals surface area contributed by atoms with Gasteiger partial charge in [-0.1, -0.05) is 17.7 Å². The van der Waals surface area contributed by atoms with Gasteiger partial charge in [-0.15, -0.1) is 0 Å². The number of halogens is 2. The van der Waals surface area contributed by atoms with Crippen molar-refractivity contribution in [2.45, 2.75) is 6.54 Å². The summed E-state index contributed by atoms with van der Waals surface area (Å²) in [5, 5.41) is 0.264. The molecule has 1 aromatic heterocycles. The molecule has 0 spiro atoms. The van der Waals surface area contributed by atoms with Gasteiger partial charge in [0.15, 0.2) is 0 Å². The third kappa shape index (κ3) is 2.45. The third-order valence-corrected chi connectivity index (χ3v) is 2.52. The molecule has 0 unspecified atom stereocenters. The summed E-state index contributed by atoms with van der Waals surface area (Å²) in [5.41, 5.74) is -0.830. The lowest BCUT2D eigenvalue weighted by Gasteiger charge is -2.05. The van der Waals surface area contributed by atoms with Gasteiger partial charge in [-0.2, -0.15) is 0 Å². The van der Waals surface area contributed by atoms with E-state index in [0.717, 1.165) is 10.6 Å². The van der Waals surface area contributed by atoms with E-state index in [1.165, 1.54) is 24.4 Å². The van der Waals surface area contributed by atoms with Crippen LogP contribution in [0.5, 0.6) is 0 Å². The lowest BCUT2D eigenvalue weighted by Crippen LogP contribution is -2.34. The van der Waals surface area contributed by atoms with E-state index in [1.54, 1.807) is 0 Å². The Balaban J connectivity index is 2.45. The Kier molecular flexibility index (Phi) is 3.10. The van der Waals surface area contributed by atoms with Crippen molar-refractivity contribution in [1.29, 1.82) is 0 Å². The van der Waals surface area contributed by atoms with Gasteiger partial charge < -0.3 is 4.98 Å². The van der Waals surface area contributed by atoms with Gasteiger partial charge in [0.1, 0.15) is 5.82 Å². The van der Waals surface area contributed by atoms with Gasteiger partial charge in [0.2, 0.25) is 0 Å². The Morgan fingerprint density at radius 1 is 1.29 bits per heavy atom. The first kappa shape index (κ1) is 11.6. The summed E-state index contributed by atoms with van der Waals surface area (Å²) in [5.74, 6) is -0.548. The maximum absolute atomic E-state index is 13.5. The molecule has 4 nitrogen and oxygen atoms in total. The fourth-order valence-corrected chi connectivity index (χ4v) is 1.58. The molecule has 0 aliphatic heterocycles. The molecule has 0 atom stereocenters. The van der Waals surface area contributed by atoms with Gasteiger partial charge >= 0.3 is 5.69 Å². The van der Waals surface area contributed by atoms with Gasteiger partial charge in [-0.25, -0.2) is 9.18 Å². The second-order valence-electron chi connectivity index (χ2n) is 3.44. The molecule has 2 rings (SSSR count). The Bertz CT molecular complexity index is 635. The van der Waals surface area contributed by atoms with Crippen LogP contribution >= 0.6 is 11.6 Å². The van der Waals surface area contributed by atoms with Gasteiger partial charge in [0.25, 0.3) is 5.56 Å². The largest absolute Gasteiger partial charge is 0.328 e. The number of H-pyrrole nitrogens is 1. The maximum Gasteiger partial charge on any atom is 0.328 e. The van der Waals surface area contributed by atoms with E-state index in [0.29, 0.717) is 0 Å². The highest BCUT2D eigenvalue weighted by molar-refractivity contribution is 6.30. The minimum absolute atomic E-state index is 0.127. The highest BCUT2D eigenvalue weighted by Crippen LogP contribution is 2.14. The molecule has 0 radical (unpaired) electrons. The summed E-state index contributed by atoms with van der Waals surface area (Å²) in [6, 6.07) is 5.28. The van der Waals surface area contributed by atoms with Crippen LogP contribution in [-0.4, -0.2) is 9.55 Å². The van der Waals surface area contributed by atoms with E-state index in [9.17, 15) is 14.0 Å². The van der Waals surface area contributed by atoms with Gasteiger partial charge in [-0.05, 0) is 12.1 Å². The predicted octanol–water partition coefficient (Wildman–Crippen LogP) is 1.38. The van der Waals surface area contributed by atoms with Crippen molar-refractivity contribution < 1.29 is 4.39 Å². The van der Waals surface area contributed by atoms with Crippen LogP contribution in [0, 0.1) is 5.82 Å². The quantitative estimate of drug-likeness (QED) is 0.880. The molecule has 1 heterocycles. The van der Waals surface area contributed by atoms with Crippen LogP contribution in [0.4, 0.5) is 4.39 Å². The fraction of sp³-hybridized carbons (Fsp3) is 0.0909. The summed E-state index contributed by atoms with van der Waals surface area (Å²) in [6.07, 6.45) is 1.25. The molecule has 0 saturated carbocycles. The zero-order valence-electron chi connectivity index (χ0n) is 8.61. The average molecular weight is 255 g/mol. The van der Waals surface area contributed by atoms with E-state index in [2.05, 4.69) is 4.98 Å². The molecule has 1 aromatic carbocycles. The van der Waals surface area contributed by atoms with E-state index in [1.807, 2.05) is 0 Å². The van der Waals surface area contributed by atoms with Crippen LogP contribution in [0.1, 0.15) is 5.56 Å². The molecule has 17 heavy (non-hydrogen) atoms. The Labute approximate surface area is 100 Å². The zero-order chi connectivity index (χ0) is 12.4. The van der Waals surface area contributed by atoms with Crippen LogP contribution in [0.2, 0.25) is 5.02 Å². The van der Waals surface area contributed by atoms with E-state index in [-0.39, 0.29) is 17.1 Å². The fourth-order valence-electron chi connectivity index (χ4n) is 1.42. The topological polar surface area (TPSA) is 54.9 Å². The van der Waals surface area contributed by atoms with Crippen molar-refractivity contribution in [3.05, 3.63) is 67.7 Å². The zero-order valence-corrected chi connectivity index (χ0v) is 9.37. The number of benzene rings is 1. The predicted molar refractivity (Wildman–Crippen MR) is 61.8 cm³/mol. The van der Waals surface area contributed by atoms with Crippen molar-refractivity contribution >= 4 is 11.6 Å². The van der Waals surface area contributed by atoms with E-state index >= 15 is 0 Å². The van der Waals surface area contributed by atoms with E-state index in [4.69, 9.17) is 11.6 Å². The molecule has 0 bridgehead atoms. The van der Waals surface area contributed by atoms with Crippen LogP contribution < -0.4 is 11.2 Å². The second-order valence-corrected chi connectivity index (χ2v) is 3.88. The first-order valence-electron chi connectivity index (χ1n) is 4.80. The Morgan fingerprint density at radius 2 is 2.06 bits per heavy atom. The molecule has 88 valence electrons. The van der Waals surface area contributed by atoms with E-state index < -0.39 is 17.1 Å². The number of hydrogen-bond acceptors (Lipinski definition) is 2. The van der Waals surface area contributed by atoms with Gasteiger partial charge in [-0.3, -0.25) is 9.36 Å². The summed E-state index contributed by atoms with van der Waals surface area (Å²) in [6.45, 7) is -0.127. The average Bonchev–Trinajstić information content (AvgIpc) is 2.26. The Morgan fingerprint density at radius 3 is 2.71 bits per heavy atom. The number of nitrogens with one attached hydrogen (secondary N) is 1. The monoisotopic (exact) mass is 254 g/mol. The molecule has 1 N–H and O–H groups in total. The molecule has 0 amide bonds. The number of rotatable bonds is 2. The van der Waals surface area contributed by atoms with Gasteiger partial charge in [0.05, 0.1) is 6.54 Å². The van der Waals surface area contributed by atoms with Crippen LogP contribution in [-0.2, 0) is 6.54 Å². The normalized spacial score (nSPS) is 10.5. The minimum Gasteiger partial charge on any atom is -0.314 e. The lowest BCUT2D eigenvalue weighted by molar-refractivity contribution is 0.589. The number of aromatic amines is 1.